The van der Waals surface area contributed by atoms with Crippen LogP contribution in [0, 0.1) is 19.8 Å². The highest BCUT2D eigenvalue weighted by molar-refractivity contribution is 5.79. The molecule has 1 rings (SSSR count). The van der Waals surface area contributed by atoms with Gasteiger partial charge in [-0.25, -0.2) is 4.79 Å². The van der Waals surface area contributed by atoms with E-state index < -0.39 is 5.60 Å². The van der Waals surface area contributed by atoms with Gasteiger partial charge in [-0.15, -0.1) is 0 Å². The average molecular weight is 395 g/mol. The van der Waals surface area contributed by atoms with Crippen LogP contribution in [0.25, 0.3) is 0 Å². The molecule has 0 aliphatic carbocycles. The third kappa shape index (κ3) is 9.10. The number of amides is 1. The highest BCUT2D eigenvalue weighted by atomic mass is 16.6. The molecule has 1 atom stereocenters. The minimum absolute atomic E-state index is 0.255. The third-order valence-electron chi connectivity index (χ3n) is 4.07. The van der Waals surface area contributed by atoms with E-state index in [0.717, 1.165) is 31.2 Å². The van der Waals surface area contributed by atoms with Crippen LogP contribution in [-0.2, 0) is 11.3 Å². The molecule has 8 heteroatoms. The first-order valence-corrected chi connectivity index (χ1v) is 9.91. The van der Waals surface area contributed by atoms with Crippen molar-refractivity contribution < 1.29 is 9.53 Å². The highest BCUT2D eigenvalue weighted by Crippen LogP contribution is 2.10. The third-order valence-corrected chi connectivity index (χ3v) is 4.07. The molecule has 1 heterocycles. The SMILES string of the molecule is CN=C(NCCCn1nc(C)cc1C)NCC(C)CN(C)C(=O)OC(C)(C)C. The molecular weight excluding hydrogens is 356 g/mol. The molecule has 1 amide bonds. The van der Waals surface area contributed by atoms with Crippen molar-refractivity contribution in [3.63, 3.8) is 0 Å². The molecule has 28 heavy (non-hydrogen) atoms. The van der Waals surface area contributed by atoms with Crippen molar-refractivity contribution >= 4 is 12.1 Å². The van der Waals surface area contributed by atoms with Crippen LogP contribution in [0.15, 0.2) is 11.1 Å². The number of aliphatic imine (C=N–C) groups is 1. The first-order chi connectivity index (χ1) is 13.0. The zero-order valence-electron chi connectivity index (χ0n) is 18.8. The molecule has 0 aromatic carbocycles. The fourth-order valence-corrected chi connectivity index (χ4v) is 2.77. The molecule has 0 spiro atoms. The smallest absolute Gasteiger partial charge is 0.410 e. The summed E-state index contributed by atoms with van der Waals surface area (Å²) in [5.41, 5.74) is 1.75. The fraction of sp³-hybridized carbons (Fsp3) is 0.750. The number of hydrogen-bond donors (Lipinski definition) is 2. The quantitative estimate of drug-likeness (QED) is 0.402. The fourth-order valence-electron chi connectivity index (χ4n) is 2.77. The van der Waals surface area contributed by atoms with Gasteiger partial charge in [-0.1, -0.05) is 6.92 Å². The Kier molecular flexibility index (Phi) is 9.28. The van der Waals surface area contributed by atoms with E-state index in [0.29, 0.717) is 13.1 Å². The minimum Gasteiger partial charge on any atom is -0.444 e. The van der Waals surface area contributed by atoms with Gasteiger partial charge >= 0.3 is 6.09 Å². The molecule has 0 aliphatic heterocycles. The summed E-state index contributed by atoms with van der Waals surface area (Å²) in [6, 6.07) is 2.09. The van der Waals surface area contributed by atoms with Gasteiger partial charge in [-0.2, -0.15) is 5.10 Å². The molecule has 160 valence electrons. The molecule has 1 aromatic heterocycles. The monoisotopic (exact) mass is 394 g/mol. The lowest BCUT2D eigenvalue weighted by Gasteiger charge is -2.26. The van der Waals surface area contributed by atoms with E-state index in [9.17, 15) is 4.79 Å². The van der Waals surface area contributed by atoms with Crippen LogP contribution < -0.4 is 10.6 Å². The zero-order chi connectivity index (χ0) is 21.3. The maximum Gasteiger partial charge on any atom is 0.410 e. The molecule has 8 nitrogen and oxygen atoms in total. The maximum absolute atomic E-state index is 12.0. The number of ether oxygens (including phenoxy) is 1. The predicted octanol–water partition coefficient (Wildman–Crippen LogP) is 2.56. The Bertz CT molecular complexity index is 648. The van der Waals surface area contributed by atoms with E-state index in [4.69, 9.17) is 4.74 Å². The zero-order valence-corrected chi connectivity index (χ0v) is 18.8. The average Bonchev–Trinajstić information content (AvgIpc) is 2.90. The Hall–Kier alpha value is -2.25. The van der Waals surface area contributed by atoms with Gasteiger partial charge in [0.15, 0.2) is 5.96 Å². The molecule has 0 aliphatic rings. The maximum atomic E-state index is 12.0. The topological polar surface area (TPSA) is 83.8 Å². The lowest BCUT2D eigenvalue weighted by molar-refractivity contribution is 0.0278. The number of aryl methyl sites for hydroxylation is 3. The van der Waals surface area contributed by atoms with Crippen molar-refractivity contribution in [2.75, 3.05) is 33.7 Å². The van der Waals surface area contributed by atoms with E-state index in [1.807, 2.05) is 32.4 Å². The predicted molar refractivity (Wildman–Crippen MR) is 114 cm³/mol. The molecule has 0 saturated heterocycles. The molecule has 1 unspecified atom stereocenters. The van der Waals surface area contributed by atoms with Crippen molar-refractivity contribution in [2.45, 2.75) is 60.1 Å². The standard InChI is InChI=1S/C20H38N6O2/c1-15(14-25(8)19(27)28-20(4,5)6)13-23-18(21-7)22-10-9-11-26-17(3)12-16(2)24-26/h12,15H,9-11,13-14H2,1-8H3,(H2,21,22,23). The largest absolute Gasteiger partial charge is 0.444 e. The van der Waals surface area contributed by atoms with Crippen molar-refractivity contribution in [1.82, 2.24) is 25.3 Å². The first kappa shape index (κ1) is 23.8. The van der Waals surface area contributed by atoms with Crippen molar-refractivity contribution in [3.8, 4) is 0 Å². The summed E-state index contributed by atoms with van der Waals surface area (Å²) in [5, 5.41) is 11.1. The summed E-state index contributed by atoms with van der Waals surface area (Å²) in [5.74, 6) is 1.02. The van der Waals surface area contributed by atoms with Crippen molar-refractivity contribution in [3.05, 3.63) is 17.5 Å². The molecule has 2 N–H and O–H groups in total. The Labute approximate surface area is 169 Å². The van der Waals surface area contributed by atoms with Crippen LogP contribution in [0.2, 0.25) is 0 Å². The normalized spacial score (nSPS) is 13.2. The minimum atomic E-state index is -0.480. The van der Waals surface area contributed by atoms with Crippen LogP contribution >= 0.6 is 0 Å². The Balaban J connectivity index is 2.29. The van der Waals surface area contributed by atoms with E-state index in [-0.39, 0.29) is 12.0 Å². The van der Waals surface area contributed by atoms with Gasteiger partial charge in [0.2, 0.25) is 0 Å². The summed E-state index contributed by atoms with van der Waals surface area (Å²) >= 11 is 0. The number of hydrogen-bond acceptors (Lipinski definition) is 4. The second kappa shape index (κ2) is 10.9. The molecule has 1 aromatic rings. The van der Waals surface area contributed by atoms with E-state index in [2.05, 4.69) is 40.6 Å². The molecular formula is C20H38N6O2. The molecule has 0 fully saturated rings. The summed E-state index contributed by atoms with van der Waals surface area (Å²) in [4.78, 5) is 17.9. The second-order valence-electron chi connectivity index (χ2n) is 8.35. The number of nitrogens with zero attached hydrogens (tertiary/aromatic N) is 4. The number of rotatable bonds is 8. The number of guanidine groups is 1. The van der Waals surface area contributed by atoms with Gasteiger partial charge < -0.3 is 20.3 Å². The van der Waals surface area contributed by atoms with Crippen LogP contribution in [0.1, 0.15) is 45.5 Å². The van der Waals surface area contributed by atoms with Gasteiger partial charge in [0.25, 0.3) is 0 Å². The van der Waals surface area contributed by atoms with Crippen LogP contribution in [0.4, 0.5) is 4.79 Å². The number of aromatic nitrogens is 2. The van der Waals surface area contributed by atoms with Gasteiger partial charge in [0.05, 0.1) is 5.69 Å². The summed E-state index contributed by atoms with van der Waals surface area (Å²) < 4.78 is 7.41. The lowest BCUT2D eigenvalue weighted by atomic mass is 10.1. The van der Waals surface area contributed by atoms with Gasteiger partial charge in [0, 0.05) is 46.0 Å². The number of carbonyl (C=O) groups is 1. The van der Waals surface area contributed by atoms with Gasteiger partial charge in [-0.3, -0.25) is 9.67 Å². The summed E-state index contributed by atoms with van der Waals surface area (Å²) in [6.07, 6.45) is 0.658. The molecule has 0 bridgehead atoms. The van der Waals surface area contributed by atoms with E-state index >= 15 is 0 Å². The summed E-state index contributed by atoms with van der Waals surface area (Å²) in [6.45, 7) is 14.8. The van der Waals surface area contributed by atoms with Gasteiger partial charge in [0.1, 0.15) is 5.60 Å². The molecule has 0 saturated carbocycles. The van der Waals surface area contributed by atoms with Crippen molar-refractivity contribution in [2.24, 2.45) is 10.9 Å². The summed E-state index contributed by atoms with van der Waals surface area (Å²) in [7, 11) is 3.52. The highest BCUT2D eigenvalue weighted by Gasteiger charge is 2.20. The van der Waals surface area contributed by atoms with Crippen LogP contribution in [0.3, 0.4) is 0 Å². The number of nitrogens with one attached hydrogen (secondary N) is 2. The van der Waals surface area contributed by atoms with E-state index in [1.165, 1.54) is 5.69 Å². The second-order valence-corrected chi connectivity index (χ2v) is 8.35. The van der Waals surface area contributed by atoms with Gasteiger partial charge in [-0.05, 0) is 53.0 Å². The molecule has 0 radical (unpaired) electrons. The van der Waals surface area contributed by atoms with Crippen LogP contribution in [0.5, 0.6) is 0 Å². The number of carbonyl (C=O) groups excluding carboxylic acids is 1. The van der Waals surface area contributed by atoms with Crippen LogP contribution in [-0.4, -0.2) is 66.1 Å². The Morgan fingerprint density at radius 3 is 2.57 bits per heavy atom. The van der Waals surface area contributed by atoms with E-state index in [1.54, 1.807) is 19.0 Å². The first-order valence-electron chi connectivity index (χ1n) is 9.91. The Morgan fingerprint density at radius 1 is 1.36 bits per heavy atom. The van der Waals surface area contributed by atoms with Crippen molar-refractivity contribution in [1.29, 1.82) is 0 Å². The lowest BCUT2D eigenvalue weighted by Crippen LogP contribution is -2.43. The Morgan fingerprint density at radius 2 is 2.04 bits per heavy atom.